The van der Waals surface area contributed by atoms with Gasteiger partial charge >= 0.3 is 0 Å². The minimum absolute atomic E-state index is 0. The molecule has 112 valence electrons. The molecule has 0 saturated carbocycles. The number of nitrogens with one attached hydrogen (secondary N) is 2. The van der Waals surface area contributed by atoms with Gasteiger partial charge in [0.25, 0.3) is 0 Å². The number of rotatable bonds is 8. The molecule has 0 fully saturated rings. The molecular formula is C13H24Cl3N3. The molecule has 0 saturated heterocycles. The number of hydrogen-bond acceptors (Lipinski definition) is 3. The van der Waals surface area contributed by atoms with Gasteiger partial charge in [-0.25, -0.2) is 0 Å². The van der Waals surface area contributed by atoms with Crippen molar-refractivity contribution in [2.75, 3.05) is 26.2 Å². The third-order valence-corrected chi connectivity index (χ3v) is 2.38. The second-order valence-electron chi connectivity index (χ2n) is 3.62. The van der Waals surface area contributed by atoms with Crippen molar-refractivity contribution >= 4 is 37.2 Å². The molecule has 1 aromatic rings. The molecular weight excluding hydrogens is 305 g/mol. The van der Waals surface area contributed by atoms with Crippen LogP contribution in [0.25, 0.3) is 0 Å². The van der Waals surface area contributed by atoms with E-state index in [1.807, 2.05) is 24.3 Å². The molecule has 0 heterocycles. The summed E-state index contributed by atoms with van der Waals surface area (Å²) in [5.74, 6) is 0. The summed E-state index contributed by atoms with van der Waals surface area (Å²) in [6.07, 6.45) is 1.93. The highest BCUT2D eigenvalue weighted by Crippen LogP contribution is 2.12. The lowest BCUT2D eigenvalue weighted by Crippen LogP contribution is -2.32. The second kappa shape index (κ2) is 15.8. The van der Waals surface area contributed by atoms with Crippen LogP contribution in [0.2, 0.25) is 0 Å². The Kier molecular flexibility index (Phi) is 19.7. The van der Waals surface area contributed by atoms with E-state index in [0.29, 0.717) is 6.54 Å². The predicted molar refractivity (Wildman–Crippen MR) is 91.1 cm³/mol. The average molecular weight is 329 g/mol. The molecule has 0 aliphatic rings. The molecule has 0 spiro atoms. The lowest BCUT2D eigenvalue weighted by atomic mass is 10.1. The maximum atomic E-state index is 5.39. The number of nitrogens with two attached hydrogens (primary N) is 1. The van der Waals surface area contributed by atoms with Gasteiger partial charge in [-0.1, -0.05) is 36.4 Å². The largest absolute Gasteiger partial charge is 0.329 e. The van der Waals surface area contributed by atoms with E-state index in [2.05, 4.69) is 29.3 Å². The van der Waals surface area contributed by atoms with Crippen LogP contribution in [0.15, 0.2) is 43.0 Å². The first-order chi connectivity index (χ1) is 7.88. The number of hydrogen-bond donors (Lipinski definition) is 3. The molecule has 19 heavy (non-hydrogen) atoms. The fraction of sp³-hybridized carbons (Fsp3) is 0.385. The summed E-state index contributed by atoms with van der Waals surface area (Å²) >= 11 is 0. The van der Waals surface area contributed by atoms with Crippen LogP contribution < -0.4 is 16.4 Å². The van der Waals surface area contributed by atoms with Gasteiger partial charge in [-0.05, 0) is 5.56 Å². The minimum Gasteiger partial charge on any atom is -0.329 e. The van der Waals surface area contributed by atoms with Crippen LogP contribution >= 0.6 is 37.2 Å². The van der Waals surface area contributed by atoms with Gasteiger partial charge in [-0.2, -0.15) is 0 Å². The summed E-state index contributed by atoms with van der Waals surface area (Å²) in [4.78, 5) is 0. The summed E-state index contributed by atoms with van der Waals surface area (Å²) in [6.45, 7) is 7.23. The van der Waals surface area contributed by atoms with Crippen LogP contribution in [-0.4, -0.2) is 26.2 Å². The fourth-order valence-corrected chi connectivity index (χ4v) is 1.54. The van der Waals surface area contributed by atoms with Crippen LogP contribution in [0, 0.1) is 0 Å². The zero-order chi connectivity index (χ0) is 11.6. The predicted octanol–water partition coefficient (Wildman–Crippen LogP) is 2.32. The van der Waals surface area contributed by atoms with Crippen molar-refractivity contribution in [1.29, 1.82) is 0 Å². The molecule has 1 unspecified atom stereocenters. The smallest absolute Gasteiger partial charge is 0.0504 e. The number of halogens is 3. The Labute approximate surface area is 134 Å². The second-order valence-corrected chi connectivity index (χ2v) is 3.62. The third-order valence-electron chi connectivity index (χ3n) is 2.38. The Bertz CT molecular complexity index is 296. The first-order valence-electron chi connectivity index (χ1n) is 5.70. The standard InChI is InChI=1S/C13H21N3.3ClH/c1-2-13(12-6-4-3-5-7-12)16-11-10-15-9-8-14;;;/h2-7,13,15-16H,1,8-11,14H2;3*1H. The van der Waals surface area contributed by atoms with Crippen molar-refractivity contribution in [2.45, 2.75) is 6.04 Å². The minimum atomic E-state index is 0. The highest BCUT2D eigenvalue weighted by atomic mass is 35.5. The zero-order valence-corrected chi connectivity index (χ0v) is 13.3. The van der Waals surface area contributed by atoms with Gasteiger partial charge in [-0.15, -0.1) is 43.8 Å². The highest BCUT2D eigenvalue weighted by Gasteiger charge is 2.04. The molecule has 1 aromatic carbocycles. The Morgan fingerprint density at radius 1 is 1.05 bits per heavy atom. The summed E-state index contributed by atoms with van der Waals surface area (Å²) in [5.41, 5.74) is 6.64. The molecule has 0 amide bonds. The van der Waals surface area contributed by atoms with Gasteiger partial charge in [0.2, 0.25) is 0 Å². The van der Waals surface area contributed by atoms with Gasteiger partial charge in [0, 0.05) is 26.2 Å². The quantitative estimate of drug-likeness (QED) is 0.507. The first-order valence-corrected chi connectivity index (χ1v) is 5.70. The maximum Gasteiger partial charge on any atom is 0.0504 e. The van der Waals surface area contributed by atoms with E-state index in [9.17, 15) is 0 Å². The van der Waals surface area contributed by atoms with Crippen molar-refractivity contribution < 1.29 is 0 Å². The Hall–Kier alpha value is -0.290. The van der Waals surface area contributed by atoms with Gasteiger partial charge < -0.3 is 16.4 Å². The molecule has 0 bridgehead atoms. The van der Waals surface area contributed by atoms with Crippen molar-refractivity contribution in [2.24, 2.45) is 5.73 Å². The molecule has 0 aliphatic heterocycles. The fourth-order valence-electron chi connectivity index (χ4n) is 1.54. The third kappa shape index (κ3) is 10.2. The van der Waals surface area contributed by atoms with Crippen molar-refractivity contribution in [3.8, 4) is 0 Å². The van der Waals surface area contributed by atoms with Crippen molar-refractivity contribution in [3.05, 3.63) is 48.6 Å². The van der Waals surface area contributed by atoms with E-state index in [4.69, 9.17) is 5.73 Å². The monoisotopic (exact) mass is 327 g/mol. The SMILES string of the molecule is C=CC(NCCNCCN)c1ccccc1.Cl.Cl.Cl. The summed E-state index contributed by atoms with van der Waals surface area (Å²) < 4.78 is 0. The van der Waals surface area contributed by atoms with Crippen LogP contribution in [0.5, 0.6) is 0 Å². The normalized spacial score (nSPS) is 10.4. The van der Waals surface area contributed by atoms with Crippen molar-refractivity contribution in [1.82, 2.24) is 10.6 Å². The van der Waals surface area contributed by atoms with Crippen LogP contribution in [0.4, 0.5) is 0 Å². The molecule has 4 N–H and O–H groups in total. The van der Waals surface area contributed by atoms with E-state index in [0.717, 1.165) is 19.6 Å². The lowest BCUT2D eigenvalue weighted by Gasteiger charge is -2.15. The molecule has 0 aromatic heterocycles. The van der Waals surface area contributed by atoms with Gasteiger partial charge in [-0.3, -0.25) is 0 Å². The van der Waals surface area contributed by atoms with Crippen molar-refractivity contribution in [3.63, 3.8) is 0 Å². The zero-order valence-electron chi connectivity index (χ0n) is 10.9. The van der Waals surface area contributed by atoms with Gasteiger partial charge in [0.05, 0.1) is 6.04 Å². The molecule has 0 aliphatic carbocycles. The van der Waals surface area contributed by atoms with Crippen LogP contribution in [0.1, 0.15) is 11.6 Å². The molecule has 3 nitrogen and oxygen atoms in total. The van der Waals surface area contributed by atoms with E-state index in [-0.39, 0.29) is 43.3 Å². The van der Waals surface area contributed by atoms with Crippen LogP contribution in [0.3, 0.4) is 0 Å². The lowest BCUT2D eigenvalue weighted by molar-refractivity contribution is 0.578. The average Bonchev–Trinajstić information content (AvgIpc) is 2.35. The van der Waals surface area contributed by atoms with E-state index in [1.54, 1.807) is 0 Å². The Morgan fingerprint density at radius 2 is 1.68 bits per heavy atom. The van der Waals surface area contributed by atoms with Crippen LogP contribution in [-0.2, 0) is 0 Å². The topological polar surface area (TPSA) is 50.1 Å². The maximum absolute atomic E-state index is 5.39. The van der Waals surface area contributed by atoms with Gasteiger partial charge in [0.15, 0.2) is 0 Å². The van der Waals surface area contributed by atoms with E-state index in [1.165, 1.54) is 5.56 Å². The Morgan fingerprint density at radius 3 is 2.21 bits per heavy atom. The Balaban J connectivity index is -0.000000853. The summed E-state index contributed by atoms with van der Waals surface area (Å²) in [5, 5.41) is 6.67. The van der Waals surface area contributed by atoms with Gasteiger partial charge in [0.1, 0.15) is 0 Å². The van der Waals surface area contributed by atoms with E-state index < -0.39 is 0 Å². The summed E-state index contributed by atoms with van der Waals surface area (Å²) in [7, 11) is 0. The molecule has 1 rings (SSSR count). The first kappa shape index (κ1) is 23.8. The van der Waals surface area contributed by atoms with E-state index >= 15 is 0 Å². The summed E-state index contributed by atoms with van der Waals surface area (Å²) in [6, 6.07) is 10.5. The molecule has 6 heteroatoms. The highest BCUT2D eigenvalue weighted by molar-refractivity contribution is 5.86. The molecule has 0 radical (unpaired) electrons. The number of benzene rings is 1. The molecule has 1 atom stereocenters.